The first-order valence-electron chi connectivity index (χ1n) is 7.10. The molecule has 0 atom stereocenters. The normalized spacial score (nSPS) is 11.5. The minimum absolute atomic E-state index is 0.138. The van der Waals surface area contributed by atoms with Crippen molar-refractivity contribution in [2.45, 2.75) is 20.3 Å². The Morgan fingerprint density at radius 3 is 2.48 bits per heavy atom. The maximum Gasteiger partial charge on any atom is 0.251 e. The van der Waals surface area contributed by atoms with E-state index < -0.39 is 0 Å². The highest BCUT2D eigenvalue weighted by Crippen LogP contribution is 2.09. The zero-order valence-electron chi connectivity index (χ0n) is 12.6. The second-order valence-corrected chi connectivity index (χ2v) is 5.18. The van der Waals surface area contributed by atoms with Crippen molar-refractivity contribution in [2.75, 3.05) is 19.6 Å². The monoisotopic (exact) mass is 292 g/mol. The number of hydrogen-bond acceptors (Lipinski definition) is 3. The van der Waals surface area contributed by atoms with Crippen LogP contribution in [0.3, 0.4) is 0 Å². The molecule has 0 saturated heterocycles. The molecule has 0 saturated carbocycles. The van der Waals surface area contributed by atoms with Gasteiger partial charge in [-0.1, -0.05) is 13.8 Å². The van der Waals surface area contributed by atoms with Crippen molar-refractivity contribution in [3.63, 3.8) is 0 Å². The van der Waals surface area contributed by atoms with E-state index in [2.05, 4.69) is 29.5 Å². The van der Waals surface area contributed by atoms with Gasteiger partial charge in [0.15, 0.2) is 5.96 Å². The van der Waals surface area contributed by atoms with E-state index in [1.165, 1.54) is 12.1 Å². The van der Waals surface area contributed by atoms with Gasteiger partial charge in [-0.25, -0.2) is 0 Å². The molecular weight excluding hydrogens is 268 g/mol. The third kappa shape index (κ3) is 7.20. The van der Waals surface area contributed by atoms with E-state index in [1.54, 1.807) is 12.1 Å². The summed E-state index contributed by atoms with van der Waals surface area (Å²) in [6.07, 6.45) is 1.000. The summed E-state index contributed by atoms with van der Waals surface area (Å²) < 4.78 is 0. The molecule has 0 bridgehead atoms. The van der Waals surface area contributed by atoms with E-state index in [9.17, 15) is 4.79 Å². The van der Waals surface area contributed by atoms with Crippen molar-refractivity contribution in [3.05, 3.63) is 29.8 Å². The van der Waals surface area contributed by atoms with Gasteiger partial charge in [0.25, 0.3) is 5.91 Å². The third-order valence-corrected chi connectivity index (χ3v) is 2.83. The standard InChI is InChI=1S/C15H24N4O2/c1-11(2)7-8-18-15(16)19-10-9-17-14(21)12-3-5-13(20)6-4-12/h3-6,11,20H,7-10H2,1-2H3,(H,17,21)(H3,16,18,19). The number of aliphatic imine (C=N–C) groups is 1. The Morgan fingerprint density at radius 2 is 1.86 bits per heavy atom. The molecule has 21 heavy (non-hydrogen) atoms. The molecule has 116 valence electrons. The van der Waals surface area contributed by atoms with Crippen molar-refractivity contribution >= 4 is 11.9 Å². The van der Waals surface area contributed by atoms with Crippen LogP contribution in [0.1, 0.15) is 30.6 Å². The number of aromatic hydroxyl groups is 1. The highest BCUT2D eigenvalue weighted by Gasteiger charge is 2.04. The smallest absolute Gasteiger partial charge is 0.251 e. The van der Waals surface area contributed by atoms with Gasteiger partial charge in [-0.2, -0.15) is 0 Å². The predicted molar refractivity (Wildman–Crippen MR) is 84.4 cm³/mol. The Labute approximate surface area is 125 Å². The summed E-state index contributed by atoms with van der Waals surface area (Å²) in [6, 6.07) is 6.10. The minimum atomic E-state index is -0.188. The van der Waals surface area contributed by atoms with Gasteiger partial charge in [-0.3, -0.25) is 9.79 Å². The zero-order chi connectivity index (χ0) is 15.7. The number of phenolic OH excluding ortho intramolecular Hbond substituents is 1. The lowest BCUT2D eigenvalue weighted by molar-refractivity contribution is 0.0954. The lowest BCUT2D eigenvalue weighted by atomic mass is 10.1. The van der Waals surface area contributed by atoms with Crippen LogP contribution in [-0.4, -0.2) is 36.6 Å². The zero-order valence-corrected chi connectivity index (χ0v) is 12.6. The second kappa shape index (κ2) is 8.84. The average Bonchev–Trinajstić information content (AvgIpc) is 2.43. The van der Waals surface area contributed by atoms with Gasteiger partial charge < -0.3 is 21.5 Å². The van der Waals surface area contributed by atoms with Crippen LogP contribution in [0, 0.1) is 5.92 Å². The van der Waals surface area contributed by atoms with Crippen LogP contribution in [0.15, 0.2) is 29.3 Å². The molecule has 0 heterocycles. The number of hydrogen-bond donors (Lipinski definition) is 4. The molecule has 0 aromatic heterocycles. The van der Waals surface area contributed by atoms with Crippen LogP contribution in [0.4, 0.5) is 0 Å². The molecule has 5 N–H and O–H groups in total. The Balaban J connectivity index is 2.21. The fraction of sp³-hybridized carbons (Fsp3) is 0.467. The summed E-state index contributed by atoms with van der Waals surface area (Å²) in [5.41, 5.74) is 6.21. The quantitative estimate of drug-likeness (QED) is 0.343. The minimum Gasteiger partial charge on any atom is -0.508 e. The van der Waals surface area contributed by atoms with Crippen molar-refractivity contribution in [2.24, 2.45) is 16.6 Å². The molecule has 0 aliphatic rings. The Bertz CT molecular complexity index is 469. The fourth-order valence-electron chi connectivity index (χ4n) is 1.58. The molecule has 0 unspecified atom stereocenters. The highest BCUT2D eigenvalue weighted by molar-refractivity contribution is 5.94. The molecule has 0 aliphatic heterocycles. The number of phenols is 1. The van der Waals surface area contributed by atoms with Crippen LogP contribution in [-0.2, 0) is 0 Å². The van der Waals surface area contributed by atoms with Gasteiger partial charge in [0.05, 0.1) is 0 Å². The van der Waals surface area contributed by atoms with Crippen LogP contribution in [0.5, 0.6) is 5.75 Å². The predicted octanol–water partition coefficient (Wildman–Crippen LogP) is 1.07. The number of guanidine groups is 1. The summed E-state index contributed by atoms with van der Waals surface area (Å²) in [5, 5.41) is 14.8. The molecule has 6 nitrogen and oxygen atoms in total. The molecule has 1 rings (SSSR count). The van der Waals surface area contributed by atoms with Gasteiger partial charge in [-0.05, 0) is 36.6 Å². The molecule has 0 fully saturated rings. The van der Waals surface area contributed by atoms with Gasteiger partial charge in [0, 0.05) is 25.2 Å². The first-order chi connectivity index (χ1) is 9.99. The van der Waals surface area contributed by atoms with Crippen LogP contribution >= 0.6 is 0 Å². The lowest BCUT2D eigenvalue weighted by Crippen LogP contribution is -2.38. The first kappa shape index (κ1) is 16.8. The van der Waals surface area contributed by atoms with Crippen LogP contribution < -0.4 is 16.4 Å². The number of benzene rings is 1. The number of nitrogens with one attached hydrogen (secondary N) is 2. The van der Waals surface area contributed by atoms with Crippen molar-refractivity contribution in [3.8, 4) is 5.75 Å². The summed E-state index contributed by atoms with van der Waals surface area (Å²) in [5.74, 6) is 0.950. The average molecular weight is 292 g/mol. The topological polar surface area (TPSA) is 99.7 Å². The maximum absolute atomic E-state index is 11.8. The van der Waals surface area contributed by atoms with E-state index >= 15 is 0 Å². The molecule has 0 aliphatic carbocycles. The number of carbonyl (C=O) groups is 1. The Morgan fingerprint density at radius 1 is 1.24 bits per heavy atom. The largest absolute Gasteiger partial charge is 0.508 e. The lowest BCUT2D eigenvalue weighted by Gasteiger charge is -2.08. The number of nitrogens with two attached hydrogens (primary N) is 1. The van der Waals surface area contributed by atoms with E-state index in [-0.39, 0.29) is 11.7 Å². The van der Waals surface area contributed by atoms with E-state index in [1.807, 2.05) is 0 Å². The summed E-state index contributed by atoms with van der Waals surface area (Å²) in [4.78, 5) is 16.0. The van der Waals surface area contributed by atoms with E-state index in [0.29, 0.717) is 37.1 Å². The summed E-state index contributed by atoms with van der Waals surface area (Å²) in [6.45, 7) is 5.94. The molecule has 0 radical (unpaired) electrons. The Kier molecular flexibility index (Phi) is 7.08. The SMILES string of the molecule is CC(C)CCN=C(N)NCCNC(=O)c1ccc(O)cc1. The molecule has 0 spiro atoms. The van der Waals surface area contributed by atoms with Crippen molar-refractivity contribution < 1.29 is 9.90 Å². The van der Waals surface area contributed by atoms with Gasteiger partial charge in [0.2, 0.25) is 0 Å². The van der Waals surface area contributed by atoms with Gasteiger partial charge in [0.1, 0.15) is 5.75 Å². The number of rotatable bonds is 7. The molecule has 6 heteroatoms. The third-order valence-electron chi connectivity index (χ3n) is 2.83. The van der Waals surface area contributed by atoms with Crippen LogP contribution in [0.2, 0.25) is 0 Å². The highest BCUT2D eigenvalue weighted by atomic mass is 16.3. The maximum atomic E-state index is 11.8. The van der Waals surface area contributed by atoms with Gasteiger partial charge in [-0.15, -0.1) is 0 Å². The fourth-order valence-corrected chi connectivity index (χ4v) is 1.58. The van der Waals surface area contributed by atoms with Crippen molar-refractivity contribution in [1.29, 1.82) is 0 Å². The molecule has 1 amide bonds. The Hall–Kier alpha value is -2.24. The van der Waals surface area contributed by atoms with Crippen LogP contribution in [0.25, 0.3) is 0 Å². The van der Waals surface area contributed by atoms with E-state index in [4.69, 9.17) is 10.8 Å². The summed E-state index contributed by atoms with van der Waals surface area (Å²) in [7, 11) is 0. The molecule has 1 aromatic carbocycles. The second-order valence-electron chi connectivity index (χ2n) is 5.18. The van der Waals surface area contributed by atoms with E-state index in [0.717, 1.165) is 6.42 Å². The molecule has 1 aromatic rings. The van der Waals surface area contributed by atoms with Gasteiger partial charge >= 0.3 is 0 Å². The van der Waals surface area contributed by atoms with Crippen molar-refractivity contribution in [1.82, 2.24) is 10.6 Å². The summed E-state index contributed by atoms with van der Waals surface area (Å²) >= 11 is 0. The molecular formula is C15H24N4O2. The number of nitrogens with zero attached hydrogens (tertiary/aromatic N) is 1. The number of amides is 1. The number of carbonyl (C=O) groups excluding carboxylic acids is 1. The first-order valence-corrected chi connectivity index (χ1v) is 7.10.